The molecule has 6 unspecified atom stereocenters. The number of hydrogen-bond donors (Lipinski definition) is 12. The van der Waals surface area contributed by atoms with E-state index in [4.69, 9.17) is 39.8 Å². The molecule has 12 aliphatic rings. The van der Waals surface area contributed by atoms with Crippen molar-refractivity contribution in [2.75, 3.05) is 112 Å². The van der Waals surface area contributed by atoms with E-state index in [9.17, 15) is 41.9 Å². The zero-order valence-electron chi connectivity index (χ0n) is 82.3. The Labute approximate surface area is 829 Å². The van der Waals surface area contributed by atoms with E-state index in [0.717, 1.165) is 156 Å². The van der Waals surface area contributed by atoms with Crippen molar-refractivity contribution in [3.05, 3.63) is 199 Å². The molecular formula is C108H130ClF3N18O12. The second kappa shape index (κ2) is 41.0. The molecule has 12 fully saturated rings. The molecule has 6 aliphatic heterocycles. The minimum atomic E-state index is -4.53. The second-order valence-electron chi connectivity index (χ2n) is 43.9. The highest BCUT2D eigenvalue weighted by Gasteiger charge is 2.62. The van der Waals surface area contributed by atoms with Crippen molar-refractivity contribution < 1.29 is 70.1 Å². The van der Waals surface area contributed by atoms with Gasteiger partial charge in [0.1, 0.15) is 66.7 Å². The summed E-state index contributed by atoms with van der Waals surface area (Å²) in [5.41, 5.74) is -1.51. The number of para-hydroxylation sites is 2. The molecule has 12 N–H and O–H groups in total. The summed E-state index contributed by atoms with van der Waals surface area (Å²) in [6.45, 7) is 36.2. The van der Waals surface area contributed by atoms with Gasteiger partial charge in [0.15, 0.2) is 5.58 Å². The topological polar surface area (TPSA) is 383 Å². The number of alkyl halides is 3. The second-order valence-corrected chi connectivity index (χ2v) is 44.2. The third-order valence-electron chi connectivity index (χ3n) is 29.6. The molecule has 5 aromatic carbocycles. The molecule has 6 saturated heterocycles. The van der Waals surface area contributed by atoms with E-state index in [-0.39, 0.29) is 77.6 Å². The lowest BCUT2D eigenvalue weighted by atomic mass is 9.96. The standard InChI is InChI=1S/C19H22ClN3O2.3C19H23N3O2.C16H20F3N3O2.C16H19N3O2/c1-19(2,23-18(24)16-13-7-21-8-14(13)16)10-25-15-9-22-17(20)12-6-4-3-5-11(12)15;1-19(2,22-18(23)17-14-8-21-9-15(14)17)11-24-16-10-20-7-12-5-3-4-6-13(12)16;1-19(2,22-18(23)17-13-9-20-10-14(13)17)11-24-16-7-8-21-15-6-4-3-5-12(15)16;1-19(2,22-17(23)16-14-9-20-10-15(14)16)11-24-18-13-6-4-3-5-12(13)7-8-21-18;1-15(2,22-13(23)12-9-6-20-7-10(9)12)8-24-14-11(16(17,18)19)4-3-5-21-14;1-16(2,14-9-5-3-4-6-12(9)21-19-14)18-15(20)13-10-7-17-8-11(10)13/h3-6,9,13-14,16,21H,7-8,10H2,1-2H3,(H,23,24);3-7,10,14-15,17,21H,8-9,11H2,1-2H3,(H,22,23);3-8,13-14,17,20H,9-11H2,1-2H3,(H,22,23);3-8,14-16,20H,9-11H2,1-2H3,(H,22,23);3-5,9-10,12,20H,6-8H2,1-2H3,(H,22,23);3-6,10-11,13,17H,7-8H2,1-2H3,(H,18,20)/t13-,14+,16?;14-,15+,17?;13-,14+,17?;14-,15+,16?;9-,10+,12?;10-,11+,13?. The van der Waals surface area contributed by atoms with Crippen LogP contribution in [0, 0.1) is 107 Å². The predicted molar refractivity (Wildman–Crippen MR) is 535 cm³/mol. The van der Waals surface area contributed by atoms with Gasteiger partial charge in [-0.25, -0.2) is 15.0 Å². The summed E-state index contributed by atoms with van der Waals surface area (Å²) in [6.07, 6.45) is 5.42. The summed E-state index contributed by atoms with van der Waals surface area (Å²) in [7, 11) is 0. The molecule has 6 amide bonds. The number of hydrogen-bond acceptors (Lipinski definition) is 24. The average Bonchev–Trinajstić information content (AvgIpc) is 1.62. The number of rotatable bonds is 28. The molecule has 0 spiro atoms. The van der Waals surface area contributed by atoms with Crippen molar-refractivity contribution in [1.29, 1.82) is 0 Å². The minimum Gasteiger partial charge on any atom is -0.490 e. The minimum absolute atomic E-state index is 0.00566. The SMILES string of the molecule is CC(C)(COc1ccnc2ccccc12)NC(=O)C1[C@H]2CNC[C@@H]12.CC(C)(COc1cnc(Cl)c2ccccc12)NC(=O)C1[C@H]2CNC[C@@H]12.CC(C)(COc1cncc2ccccc12)NC(=O)C1[C@H]2CNC[C@@H]12.CC(C)(COc1nccc2ccccc12)NC(=O)C1[C@H]2CNC[C@@H]12.CC(C)(COc1ncccc1C(F)(F)F)NC(=O)C1[C@H]2CNC[C@@H]12.CC(C)(NC(=O)C1[C@H]2CNC[C@@H]12)c1noc2ccccc12. The number of carbonyl (C=O) groups is 6. The first-order valence-corrected chi connectivity index (χ1v) is 50.0. The van der Waals surface area contributed by atoms with Gasteiger partial charge >= 0.3 is 6.18 Å². The number of halogens is 4. The van der Waals surface area contributed by atoms with Gasteiger partial charge in [0, 0.05) is 98.0 Å². The van der Waals surface area contributed by atoms with E-state index < -0.39 is 50.9 Å². The third-order valence-corrected chi connectivity index (χ3v) is 30.0. The van der Waals surface area contributed by atoms with Crippen molar-refractivity contribution in [3.63, 3.8) is 0 Å². The van der Waals surface area contributed by atoms with E-state index in [0.29, 0.717) is 114 Å². The van der Waals surface area contributed by atoms with Crippen LogP contribution in [0.5, 0.6) is 29.0 Å². The summed E-state index contributed by atoms with van der Waals surface area (Å²) in [5.74, 6) is 10.0. The van der Waals surface area contributed by atoms with Crippen LogP contribution in [0.25, 0.3) is 54.2 Å². The number of nitrogens with one attached hydrogen (secondary N) is 12. The lowest BCUT2D eigenvalue weighted by molar-refractivity contribution is -0.139. The first kappa shape index (κ1) is 100. The van der Waals surface area contributed by atoms with Crippen molar-refractivity contribution in [3.8, 4) is 29.0 Å². The van der Waals surface area contributed by atoms with Gasteiger partial charge in [0.25, 0.3) is 0 Å². The Bertz CT molecular complexity index is 6080. The van der Waals surface area contributed by atoms with E-state index in [1.807, 2.05) is 209 Å². The zero-order valence-corrected chi connectivity index (χ0v) is 83.1. The molecule has 142 heavy (non-hydrogen) atoms. The van der Waals surface area contributed by atoms with E-state index >= 15 is 0 Å². The van der Waals surface area contributed by atoms with Crippen LogP contribution in [-0.2, 0) is 40.5 Å². The number of piperidine rings is 6. The highest BCUT2D eigenvalue weighted by atomic mass is 35.5. The van der Waals surface area contributed by atoms with Crippen LogP contribution >= 0.6 is 11.6 Å². The molecule has 6 saturated carbocycles. The molecule has 6 aromatic heterocycles. The van der Waals surface area contributed by atoms with Gasteiger partial charge in [-0.1, -0.05) is 108 Å². The lowest BCUT2D eigenvalue weighted by Crippen LogP contribution is -2.49. The number of ether oxygens (including phenoxy) is 5. The molecular weight excluding hydrogens is 1830 g/mol. The Kier molecular flexibility index (Phi) is 28.9. The van der Waals surface area contributed by atoms with Crippen LogP contribution < -0.4 is 87.5 Å². The first-order chi connectivity index (χ1) is 67.9. The highest BCUT2D eigenvalue weighted by Crippen LogP contribution is 2.54. The number of carbonyl (C=O) groups excluding carboxylic acids is 6. The lowest BCUT2D eigenvalue weighted by Gasteiger charge is -2.27. The van der Waals surface area contributed by atoms with Crippen LogP contribution in [0.4, 0.5) is 13.2 Å². The Morgan fingerprint density at radius 1 is 0.338 bits per heavy atom. The normalized spacial score (nSPS) is 25.7. The quantitative estimate of drug-likeness (QED) is 0.0203. The molecule has 0 bridgehead atoms. The van der Waals surface area contributed by atoms with Crippen LogP contribution in [0.1, 0.15) is 94.3 Å². The fourth-order valence-electron chi connectivity index (χ4n) is 21.7. The summed E-state index contributed by atoms with van der Waals surface area (Å²) >= 11 is 6.15. The Hall–Kier alpha value is -12.0. The van der Waals surface area contributed by atoms with Crippen LogP contribution in [0.15, 0.2) is 187 Å². The van der Waals surface area contributed by atoms with E-state index in [1.54, 1.807) is 38.6 Å². The Morgan fingerprint density at radius 2 is 0.690 bits per heavy atom. The van der Waals surface area contributed by atoms with Gasteiger partial charge in [0.2, 0.25) is 47.2 Å². The molecule has 12 heterocycles. The summed E-state index contributed by atoms with van der Waals surface area (Å²) in [5, 5.41) is 51.0. The van der Waals surface area contributed by atoms with Crippen molar-refractivity contribution in [2.45, 2.75) is 122 Å². The molecule has 11 aromatic rings. The number of fused-ring (bicyclic) bond motifs is 11. The maximum atomic E-state index is 12.9. The Balaban J connectivity index is 0.000000113. The first-order valence-electron chi connectivity index (χ1n) is 49.6. The summed E-state index contributed by atoms with van der Waals surface area (Å²) < 4.78 is 73.3. The number of amides is 6. The Morgan fingerprint density at radius 3 is 1.15 bits per heavy atom. The summed E-state index contributed by atoms with van der Waals surface area (Å²) in [4.78, 5) is 95.3. The highest BCUT2D eigenvalue weighted by molar-refractivity contribution is 6.34. The molecule has 18 atom stereocenters. The van der Waals surface area contributed by atoms with Crippen molar-refractivity contribution in [1.82, 2.24) is 93.9 Å². The fourth-order valence-corrected chi connectivity index (χ4v) is 22.0. The number of nitrogens with zero attached hydrogens (tertiary/aromatic N) is 6. The van der Waals surface area contributed by atoms with E-state index in [1.165, 1.54) is 12.3 Å². The van der Waals surface area contributed by atoms with Crippen molar-refractivity contribution in [2.24, 2.45) is 107 Å². The smallest absolute Gasteiger partial charge is 0.421 e. The third kappa shape index (κ3) is 23.3. The van der Waals surface area contributed by atoms with Crippen LogP contribution in [0.2, 0.25) is 5.15 Å². The van der Waals surface area contributed by atoms with E-state index in [2.05, 4.69) is 93.9 Å². The molecule has 6 aliphatic carbocycles. The van der Waals surface area contributed by atoms with Crippen molar-refractivity contribution >= 4 is 101 Å². The predicted octanol–water partition coefficient (Wildman–Crippen LogP) is 12.0. The van der Waals surface area contributed by atoms with Gasteiger partial charge in [-0.2, -0.15) is 13.2 Å². The number of aromatic nitrogens is 6. The number of pyridine rings is 5. The van der Waals surface area contributed by atoms with Crippen LogP contribution in [-0.4, -0.2) is 205 Å². The van der Waals surface area contributed by atoms with Gasteiger partial charge in [0.05, 0.1) is 51.1 Å². The average molecular weight is 1960 g/mol. The van der Waals surface area contributed by atoms with Crippen LogP contribution in [0.3, 0.4) is 0 Å². The van der Waals surface area contributed by atoms with Gasteiger partial charge in [-0.05, 0) is 293 Å². The summed E-state index contributed by atoms with van der Waals surface area (Å²) in [6, 6.07) is 45.4. The molecule has 30 nitrogen and oxygen atoms in total. The zero-order chi connectivity index (χ0) is 100.0. The maximum Gasteiger partial charge on any atom is 0.421 e. The molecule has 752 valence electrons. The largest absolute Gasteiger partial charge is 0.490 e. The van der Waals surface area contributed by atoms with Gasteiger partial charge in [-0.15, -0.1) is 0 Å². The number of benzene rings is 5. The molecule has 34 heteroatoms. The fraction of sp³-hybridized carbons (Fsp3) is 0.500. The molecule has 0 radical (unpaired) electrons. The maximum absolute atomic E-state index is 12.9. The molecule has 23 rings (SSSR count). The van der Waals surface area contributed by atoms with Gasteiger partial charge in [-0.3, -0.25) is 38.7 Å². The monoisotopic (exact) mass is 1960 g/mol. The van der Waals surface area contributed by atoms with Gasteiger partial charge < -0.3 is 92.0 Å².